The molecule has 0 saturated carbocycles. The maximum absolute atomic E-state index is 12.9. The van der Waals surface area contributed by atoms with E-state index >= 15 is 0 Å². The van der Waals surface area contributed by atoms with Gasteiger partial charge in [0.2, 0.25) is 0 Å². The molecule has 16 heavy (non-hydrogen) atoms. The number of aromatic nitrogens is 1. The van der Waals surface area contributed by atoms with Crippen LogP contribution in [0.3, 0.4) is 0 Å². The van der Waals surface area contributed by atoms with Crippen molar-refractivity contribution in [3.8, 4) is 11.5 Å². The summed E-state index contributed by atoms with van der Waals surface area (Å²) >= 11 is 3.24. The quantitative estimate of drug-likeness (QED) is 0.827. The summed E-state index contributed by atoms with van der Waals surface area (Å²) in [7, 11) is 0. The summed E-state index contributed by atoms with van der Waals surface area (Å²) in [6.07, 6.45) is 1.67. The summed E-state index contributed by atoms with van der Waals surface area (Å²) in [5.41, 5.74) is 0.871. The van der Waals surface area contributed by atoms with Gasteiger partial charge in [0.25, 0.3) is 0 Å². The van der Waals surface area contributed by atoms with Crippen molar-refractivity contribution < 1.29 is 9.13 Å². The van der Waals surface area contributed by atoms with Crippen LogP contribution in [0.5, 0.6) is 11.5 Å². The van der Waals surface area contributed by atoms with Crippen molar-refractivity contribution in [1.29, 1.82) is 0 Å². The first kappa shape index (κ1) is 11.1. The Morgan fingerprint density at radius 2 is 2.06 bits per heavy atom. The first-order chi connectivity index (χ1) is 7.65. The molecule has 1 heterocycles. The van der Waals surface area contributed by atoms with Crippen molar-refractivity contribution in [3.63, 3.8) is 0 Å². The molecule has 0 amide bonds. The van der Waals surface area contributed by atoms with Gasteiger partial charge in [0, 0.05) is 18.0 Å². The minimum Gasteiger partial charge on any atom is -0.456 e. The van der Waals surface area contributed by atoms with Gasteiger partial charge in [0.1, 0.15) is 17.3 Å². The number of aryl methyl sites for hydroxylation is 1. The van der Waals surface area contributed by atoms with E-state index in [0.29, 0.717) is 16.0 Å². The van der Waals surface area contributed by atoms with Crippen LogP contribution in [-0.2, 0) is 0 Å². The van der Waals surface area contributed by atoms with Gasteiger partial charge in [-0.25, -0.2) is 4.39 Å². The summed E-state index contributed by atoms with van der Waals surface area (Å²) in [6.45, 7) is 1.88. The van der Waals surface area contributed by atoms with Crippen LogP contribution in [0, 0.1) is 12.7 Å². The largest absolute Gasteiger partial charge is 0.456 e. The lowest BCUT2D eigenvalue weighted by molar-refractivity contribution is 0.476. The molecule has 0 saturated heterocycles. The molecule has 0 unspecified atom stereocenters. The lowest BCUT2D eigenvalue weighted by Crippen LogP contribution is -1.88. The lowest BCUT2D eigenvalue weighted by atomic mass is 10.3. The average molecular weight is 282 g/mol. The summed E-state index contributed by atoms with van der Waals surface area (Å²) in [6, 6.07) is 7.87. The van der Waals surface area contributed by atoms with Crippen molar-refractivity contribution >= 4 is 15.9 Å². The van der Waals surface area contributed by atoms with E-state index < -0.39 is 0 Å². The number of hydrogen-bond acceptors (Lipinski definition) is 2. The number of benzene rings is 1. The SMILES string of the molecule is Cc1cc(Oc2ccc(F)cc2Br)ccn1. The Labute approximate surface area is 101 Å². The van der Waals surface area contributed by atoms with Gasteiger partial charge in [-0.05, 0) is 47.1 Å². The molecule has 0 aliphatic carbocycles. The van der Waals surface area contributed by atoms with Gasteiger partial charge < -0.3 is 4.74 Å². The predicted octanol–water partition coefficient (Wildman–Crippen LogP) is 4.08. The topological polar surface area (TPSA) is 22.1 Å². The molecular weight excluding hydrogens is 273 g/mol. The molecule has 1 aromatic heterocycles. The zero-order chi connectivity index (χ0) is 11.5. The highest BCUT2D eigenvalue weighted by molar-refractivity contribution is 9.10. The molecular formula is C12H9BrFNO. The van der Waals surface area contributed by atoms with Crippen molar-refractivity contribution in [1.82, 2.24) is 4.98 Å². The van der Waals surface area contributed by atoms with Crippen LogP contribution in [0.2, 0.25) is 0 Å². The molecule has 2 rings (SSSR count). The van der Waals surface area contributed by atoms with E-state index in [2.05, 4.69) is 20.9 Å². The van der Waals surface area contributed by atoms with E-state index in [9.17, 15) is 4.39 Å². The molecule has 0 aliphatic rings. The molecule has 0 bridgehead atoms. The lowest BCUT2D eigenvalue weighted by Gasteiger charge is -2.07. The molecule has 82 valence electrons. The molecule has 2 aromatic rings. The monoisotopic (exact) mass is 281 g/mol. The van der Waals surface area contributed by atoms with E-state index in [0.717, 1.165) is 5.69 Å². The number of halogens is 2. The molecule has 0 spiro atoms. The smallest absolute Gasteiger partial charge is 0.141 e. The van der Waals surface area contributed by atoms with Crippen molar-refractivity contribution in [3.05, 3.63) is 52.5 Å². The number of hydrogen-bond donors (Lipinski definition) is 0. The maximum atomic E-state index is 12.9. The third kappa shape index (κ3) is 2.58. The third-order valence-corrected chi connectivity index (χ3v) is 2.61. The van der Waals surface area contributed by atoms with Gasteiger partial charge in [-0.15, -0.1) is 0 Å². The van der Waals surface area contributed by atoms with Gasteiger partial charge in [-0.3, -0.25) is 4.98 Å². The molecule has 0 atom stereocenters. The van der Waals surface area contributed by atoms with E-state index in [1.165, 1.54) is 12.1 Å². The van der Waals surface area contributed by atoms with E-state index in [4.69, 9.17) is 4.74 Å². The van der Waals surface area contributed by atoms with Crippen LogP contribution in [0.15, 0.2) is 41.0 Å². The fourth-order valence-corrected chi connectivity index (χ4v) is 1.70. The number of rotatable bonds is 2. The molecule has 0 fully saturated rings. The first-order valence-corrected chi connectivity index (χ1v) is 5.50. The summed E-state index contributed by atoms with van der Waals surface area (Å²) < 4.78 is 19.0. The summed E-state index contributed by atoms with van der Waals surface area (Å²) in [5.74, 6) is 0.956. The third-order valence-electron chi connectivity index (χ3n) is 1.99. The minimum atomic E-state index is -0.301. The Kier molecular flexibility index (Phi) is 3.19. The van der Waals surface area contributed by atoms with Gasteiger partial charge in [0.15, 0.2) is 0 Å². The van der Waals surface area contributed by atoms with E-state index in [1.807, 2.05) is 13.0 Å². The molecule has 2 nitrogen and oxygen atoms in total. The van der Waals surface area contributed by atoms with Crippen molar-refractivity contribution in [2.45, 2.75) is 6.92 Å². The van der Waals surface area contributed by atoms with Crippen molar-refractivity contribution in [2.75, 3.05) is 0 Å². The Morgan fingerprint density at radius 1 is 1.25 bits per heavy atom. The second kappa shape index (κ2) is 4.61. The average Bonchev–Trinajstić information content (AvgIpc) is 2.22. The molecule has 4 heteroatoms. The van der Waals surface area contributed by atoms with Crippen LogP contribution in [0.25, 0.3) is 0 Å². The molecule has 0 aliphatic heterocycles. The van der Waals surface area contributed by atoms with Gasteiger partial charge >= 0.3 is 0 Å². The molecule has 1 aromatic carbocycles. The molecule has 0 N–H and O–H groups in total. The zero-order valence-electron chi connectivity index (χ0n) is 8.58. The maximum Gasteiger partial charge on any atom is 0.141 e. The van der Waals surface area contributed by atoms with Gasteiger partial charge in [-0.2, -0.15) is 0 Å². The van der Waals surface area contributed by atoms with Gasteiger partial charge in [0.05, 0.1) is 4.47 Å². The zero-order valence-corrected chi connectivity index (χ0v) is 10.2. The normalized spacial score (nSPS) is 10.2. The van der Waals surface area contributed by atoms with E-state index in [1.54, 1.807) is 18.3 Å². The standard InChI is InChI=1S/C12H9BrFNO/c1-8-6-10(4-5-15-8)16-12-3-2-9(14)7-11(12)13/h2-7H,1H3. The Morgan fingerprint density at radius 3 is 2.75 bits per heavy atom. The Bertz CT molecular complexity index is 516. The van der Waals surface area contributed by atoms with Crippen molar-refractivity contribution in [2.24, 2.45) is 0 Å². The number of pyridine rings is 1. The van der Waals surface area contributed by atoms with Crippen LogP contribution in [-0.4, -0.2) is 4.98 Å². The summed E-state index contributed by atoms with van der Waals surface area (Å²) in [5, 5.41) is 0. The minimum absolute atomic E-state index is 0.301. The van der Waals surface area contributed by atoms with Gasteiger partial charge in [-0.1, -0.05) is 0 Å². The predicted molar refractivity (Wildman–Crippen MR) is 63.1 cm³/mol. The van der Waals surface area contributed by atoms with Crippen LogP contribution < -0.4 is 4.74 Å². The molecule has 0 radical (unpaired) electrons. The summed E-state index contributed by atoms with van der Waals surface area (Å²) in [4.78, 5) is 4.07. The highest BCUT2D eigenvalue weighted by Crippen LogP contribution is 2.30. The Balaban J connectivity index is 2.27. The second-order valence-corrected chi connectivity index (χ2v) is 4.16. The number of ether oxygens (including phenoxy) is 1. The Hall–Kier alpha value is -1.42. The number of nitrogens with zero attached hydrogens (tertiary/aromatic N) is 1. The fourth-order valence-electron chi connectivity index (χ4n) is 1.27. The first-order valence-electron chi connectivity index (χ1n) is 4.71. The van der Waals surface area contributed by atoms with Crippen LogP contribution in [0.4, 0.5) is 4.39 Å². The highest BCUT2D eigenvalue weighted by Gasteiger charge is 2.04. The van der Waals surface area contributed by atoms with Crippen LogP contribution in [0.1, 0.15) is 5.69 Å². The second-order valence-electron chi connectivity index (χ2n) is 3.31. The van der Waals surface area contributed by atoms with Crippen LogP contribution >= 0.6 is 15.9 Å². The fraction of sp³-hybridized carbons (Fsp3) is 0.0833. The van der Waals surface area contributed by atoms with E-state index in [-0.39, 0.29) is 5.82 Å². The highest BCUT2D eigenvalue weighted by atomic mass is 79.9.